The van der Waals surface area contributed by atoms with E-state index in [9.17, 15) is 4.79 Å². The molecule has 5 nitrogen and oxygen atoms in total. The summed E-state index contributed by atoms with van der Waals surface area (Å²) in [5.74, 6) is 1.15. The van der Waals surface area contributed by atoms with Crippen LogP contribution in [-0.2, 0) is 17.6 Å². The van der Waals surface area contributed by atoms with Gasteiger partial charge in [-0.3, -0.25) is 4.90 Å². The minimum absolute atomic E-state index is 0.125. The first-order chi connectivity index (χ1) is 15.6. The molecule has 2 aliphatic rings. The monoisotopic (exact) mass is 431 g/mol. The zero-order valence-electron chi connectivity index (χ0n) is 19.4. The summed E-state index contributed by atoms with van der Waals surface area (Å²) >= 11 is 0. The molecule has 0 spiro atoms. The Kier molecular flexibility index (Phi) is 5.66. The third kappa shape index (κ3) is 3.68. The largest absolute Gasteiger partial charge is 0.452 e. The molecule has 0 unspecified atom stereocenters. The maximum Gasteiger partial charge on any atom is 0.414 e. The van der Waals surface area contributed by atoms with Gasteiger partial charge in [0.15, 0.2) is 0 Å². The lowest BCUT2D eigenvalue weighted by molar-refractivity contribution is 0.175. The molecule has 2 aromatic carbocycles. The number of carbonyl (C=O) groups is 1. The van der Waals surface area contributed by atoms with Crippen molar-refractivity contribution in [1.29, 1.82) is 0 Å². The standard InChI is InChI=1S/C27H33N3O2/c1-18-8-7-9-20(16-18)17-25-28-26-22-13-12-19(2)29(27(31)32-3)23(22)14-15-24(26)30(25)21-10-5-4-6-11-21/h7-9,14-16,19,21H,4-6,10-13,17H2,1-3H3/t19-/m0/s1. The van der Waals surface area contributed by atoms with Crippen molar-refractivity contribution in [3.05, 3.63) is 58.9 Å². The van der Waals surface area contributed by atoms with Crippen LogP contribution in [0, 0.1) is 6.92 Å². The van der Waals surface area contributed by atoms with E-state index in [0.29, 0.717) is 6.04 Å². The van der Waals surface area contributed by atoms with E-state index < -0.39 is 0 Å². The van der Waals surface area contributed by atoms with E-state index in [1.54, 1.807) is 4.90 Å². The minimum Gasteiger partial charge on any atom is -0.452 e. The summed E-state index contributed by atoms with van der Waals surface area (Å²) < 4.78 is 7.63. The van der Waals surface area contributed by atoms with Gasteiger partial charge in [0, 0.05) is 24.1 Å². The number of imidazole rings is 1. The van der Waals surface area contributed by atoms with Crippen molar-refractivity contribution in [2.75, 3.05) is 12.0 Å². The van der Waals surface area contributed by atoms with Gasteiger partial charge in [-0.2, -0.15) is 0 Å². The number of ether oxygens (including phenoxy) is 1. The summed E-state index contributed by atoms with van der Waals surface area (Å²) in [5, 5.41) is 0. The topological polar surface area (TPSA) is 47.4 Å². The molecule has 1 amide bonds. The summed E-state index contributed by atoms with van der Waals surface area (Å²) in [5.41, 5.74) is 7.01. The molecule has 32 heavy (non-hydrogen) atoms. The molecule has 0 bridgehead atoms. The molecule has 2 heterocycles. The average Bonchev–Trinajstić information content (AvgIpc) is 3.17. The number of aromatic nitrogens is 2. The highest BCUT2D eigenvalue weighted by Gasteiger charge is 2.32. The van der Waals surface area contributed by atoms with Crippen LogP contribution < -0.4 is 4.90 Å². The van der Waals surface area contributed by atoms with Crippen LogP contribution in [0.5, 0.6) is 0 Å². The van der Waals surface area contributed by atoms with Gasteiger partial charge >= 0.3 is 6.09 Å². The molecule has 1 atom stereocenters. The molecule has 0 radical (unpaired) electrons. The van der Waals surface area contributed by atoms with Gasteiger partial charge in [0.05, 0.1) is 23.8 Å². The molecule has 168 valence electrons. The highest BCUT2D eigenvalue weighted by Crippen LogP contribution is 2.39. The maximum absolute atomic E-state index is 12.5. The van der Waals surface area contributed by atoms with Gasteiger partial charge in [-0.15, -0.1) is 0 Å². The van der Waals surface area contributed by atoms with Crippen molar-refractivity contribution in [3.8, 4) is 0 Å². The zero-order valence-corrected chi connectivity index (χ0v) is 19.4. The van der Waals surface area contributed by atoms with Gasteiger partial charge in [0.1, 0.15) is 5.82 Å². The molecule has 1 aliphatic carbocycles. The smallest absolute Gasteiger partial charge is 0.414 e. The average molecular weight is 432 g/mol. The molecule has 1 saturated carbocycles. The van der Waals surface area contributed by atoms with E-state index >= 15 is 0 Å². The molecular formula is C27H33N3O2. The van der Waals surface area contributed by atoms with Crippen LogP contribution in [-0.4, -0.2) is 28.8 Å². The van der Waals surface area contributed by atoms with E-state index in [1.165, 1.54) is 61.4 Å². The summed E-state index contributed by atoms with van der Waals surface area (Å²) in [6.07, 6.45) is 8.74. The number of anilines is 1. The van der Waals surface area contributed by atoms with Crippen molar-refractivity contribution in [2.45, 2.75) is 77.3 Å². The molecule has 0 saturated heterocycles. The Balaban J connectivity index is 1.66. The number of amides is 1. The van der Waals surface area contributed by atoms with E-state index in [2.05, 4.69) is 54.8 Å². The predicted octanol–water partition coefficient (Wildman–Crippen LogP) is 6.35. The lowest BCUT2D eigenvalue weighted by atomic mass is 9.94. The Morgan fingerprint density at radius 3 is 2.69 bits per heavy atom. The second kappa shape index (κ2) is 8.61. The summed E-state index contributed by atoms with van der Waals surface area (Å²) in [4.78, 5) is 19.6. The van der Waals surface area contributed by atoms with Crippen LogP contribution >= 0.6 is 0 Å². The Hall–Kier alpha value is -2.82. The van der Waals surface area contributed by atoms with E-state index in [1.807, 2.05) is 0 Å². The molecule has 1 fully saturated rings. The number of nitrogens with zero attached hydrogens (tertiary/aromatic N) is 3. The van der Waals surface area contributed by atoms with Crippen LogP contribution in [0.25, 0.3) is 11.0 Å². The maximum atomic E-state index is 12.5. The van der Waals surface area contributed by atoms with E-state index in [-0.39, 0.29) is 12.1 Å². The van der Waals surface area contributed by atoms with Crippen molar-refractivity contribution in [1.82, 2.24) is 9.55 Å². The molecule has 1 aromatic heterocycles. The highest BCUT2D eigenvalue weighted by molar-refractivity contribution is 5.95. The summed E-state index contributed by atoms with van der Waals surface area (Å²) in [6.45, 7) is 4.24. The van der Waals surface area contributed by atoms with Crippen LogP contribution in [0.3, 0.4) is 0 Å². The van der Waals surface area contributed by atoms with Crippen molar-refractivity contribution >= 4 is 22.8 Å². The van der Waals surface area contributed by atoms with Crippen LogP contribution in [0.2, 0.25) is 0 Å². The molecule has 5 rings (SSSR count). The lowest BCUT2D eigenvalue weighted by Gasteiger charge is -2.34. The molecule has 5 heteroatoms. The SMILES string of the molecule is COC(=O)N1c2ccc3c(nc(Cc4cccc(C)c4)n3C3CCCCC3)c2CC[C@@H]1C. The normalized spacial score (nSPS) is 19.2. The lowest BCUT2D eigenvalue weighted by Crippen LogP contribution is -2.42. The number of hydrogen-bond donors (Lipinski definition) is 0. The van der Waals surface area contributed by atoms with Gasteiger partial charge < -0.3 is 9.30 Å². The summed E-state index contributed by atoms with van der Waals surface area (Å²) in [6, 6.07) is 13.7. The van der Waals surface area contributed by atoms with Crippen LogP contribution in [0.4, 0.5) is 10.5 Å². The number of hydrogen-bond acceptors (Lipinski definition) is 3. The molecular weight excluding hydrogens is 398 g/mol. The first-order valence-electron chi connectivity index (χ1n) is 12.0. The van der Waals surface area contributed by atoms with E-state index in [4.69, 9.17) is 9.72 Å². The Morgan fingerprint density at radius 1 is 1.12 bits per heavy atom. The van der Waals surface area contributed by atoms with E-state index in [0.717, 1.165) is 36.3 Å². The highest BCUT2D eigenvalue weighted by atomic mass is 16.5. The van der Waals surface area contributed by atoms with Gasteiger partial charge in [-0.25, -0.2) is 9.78 Å². The predicted molar refractivity (Wildman–Crippen MR) is 129 cm³/mol. The van der Waals surface area contributed by atoms with Crippen LogP contribution in [0.1, 0.15) is 74.0 Å². The first kappa shape index (κ1) is 21.0. The van der Waals surface area contributed by atoms with Crippen molar-refractivity contribution in [2.24, 2.45) is 0 Å². The number of methoxy groups -OCH3 is 1. The fourth-order valence-electron chi connectivity index (χ4n) is 5.70. The summed E-state index contributed by atoms with van der Waals surface area (Å²) in [7, 11) is 1.46. The fraction of sp³-hybridized carbons (Fsp3) is 0.481. The van der Waals surface area contributed by atoms with Crippen molar-refractivity contribution in [3.63, 3.8) is 0 Å². The zero-order chi connectivity index (χ0) is 22.2. The fourth-order valence-corrected chi connectivity index (χ4v) is 5.70. The van der Waals surface area contributed by atoms with Gasteiger partial charge in [-0.1, -0.05) is 49.1 Å². The molecule has 1 aliphatic heterocycles. The number of rotatable bonds is 3. The molecule has 0 N–H and O–H groups in total. The minimum atomic E-state index is -0.288. The Morgan fingerprint density at radius 2 is 1.94 bits per heavy atom. The second-order valence-corrected chi connectivity index (χ2v) is 9.51. The number of carbonyl (C=O) groups excluding carboxylic acids is 1. The Labute approximate surface area is 190 Å². The van der Waals surface area contributed by atoms with Crippen LogP contribution in [0.15, 0.2) is 36.4 Å². The molecule has 3 aromatic rings. The second-order valence-electron chi connectivity index (χ2n) is 9.51. The number of benzene rings is 2. The quantitative estimate of drug-likeness (QED) is 0.485. The van der Waals surface area contributed by atoms with Gasteiger partial charge in [0.2, 0.25) is 0 Å². The Bertz CT molecular complexity index is 1140. The first-order valence-corrected chi connectivity index (χ1v) is 12.0. The van der Waals surface area contributed by atoms with Crippen molar-refractivity contribution < 1.29 is 9.53 Å². The number of aryl methyl sites for hydroxylation is 2. The van der Waals surface area contributed by atoms with Gasteiger partial charge in [-0.05, 0) is 57.2 Å². The van der Waals surface area contributed by atoms with Gasteiger partial charge in [0.25, 0.3) is 0 Å². The third-order valence-electron chi connectivity index (χ3n) is 7.28. The number of fused-ring (bicyclic) bond motifs is 3. The third-order valence-corrected chi connectivity index (χ3v) is 7.28.